The third-order valence-corrected chi connectivity index (χ3v) is 7.12. The number of hydrogen-bond acceptors (Lipinski definition) is 2. The summed E-state index contributed by atoms with van der Waals surface area (Å²) in [4.78, 5) is 0. The molecule has 0 aromatic heterocycles. The Morgan fingerprint density at radius 3 is 2.04 bits per heavy atom. The fourth-order valence-corrected chi connectivity index (χ4v) is 4.76. The summed E-state index contributed by atoms with van der Waals surface area (Å²) in [6, 6.07) is 19.7. The Hall–Kier alpha value is -2.10. The van der Waals surface area contributed by atoms with E-state index in [0.29, 0.717) is 0 Å². The van der Waals surface area contributed by atoms with Crippen molar-refractivity contribution in [1.82, 2.24) is 0 Å². The lowest BCUT2D eigenvalue weighted by atomic mass is 9.70. The third-order valence-electron chi connectivity index (χ3n) is 7.12. The molecular formula is C25H27BO2. The maximum Gasteiger partial charge on any atom is 0.496 e. The molecule has 3 heteroatoms. The lowest BCUT2D eigenvalue weighted by molar-refractivity contribution is 0.00578. The molecule has 3 aromatic rings. The highest BCUT2D eigenvalue weighted by Gasteiger charge is 2.53. The molecule has 1 saturated heterocycles. The normalized spacial score (nSPS) is 21.0. The largest absolute Gasteiger partial charge is 0.496 e. The zero-order valence-corrected chi connectivity index (χ0v) is 17.6. The van der Waals surface area contributed by atoms with Crippen molar-refractivity contribution in [2.45, 2.75) is 58.2 Å². The molecule has 0 amide bonds. The highest BCUT2D eigenvalue weighted by Crippen LogP contribution is 2.50. The molecule has 0 saturated carbocycles. The zero-order valence-electron chi connectivity index (χ0n) is 17.6. The van der Waals surface area contributed by atoms with Crippen molar-refractivity contribution in [3.63, 3.8) is 0 Å². The van der Waals surface area contributed by atoms with Gasteiger partial charge in [-0.05, 0) is 72.3 Å². The first-order valence-corrected chi connectivity index (χ1v) is 10.2. The predicted octanol–water partition coefficient (Wildman–Crippen LogP) is 5.45. The molecule has 0 atom stereocenters. The monoisotopic (exact) mass is 370 g/mol. The van der Waals surface area contributed by atoms with Crippen molar-refractivity contribution < 1.29 is 9.31 Å². The molecule has 1 heterocycles. The standard InChI is InChI=1S/C25H27BO2/c1-23(2)19-14-10-9-13-18(19)21-20(23)15-16-11-7-8-12-17(16)22(21)26-27-24(3,4)25(5,6)28-26/h7-15H,1-6H3. The van der Waals surface area contributed by atoms with E-state index < -0.39 is 0 Å². The van der Waals surface area contributed by atoms with Crippen LogP contribution in [0.4, 0.5) is 0 Å². The molecule has 0 N–H and O–H groups in total. The Bertz CT molecular complexity index is 1090. The second-order valence-electron chi connectivity index (χ2n) is 9.69. The Morgan fingerprint density at radius 2 is 1.32 bits per heavy atom. The highest BCUT2D eigenvalue weighted by atomic mass is 16.7. The van der Waals surface area contributed by atoms with Crippen LogP contribution in [0.3, 0.4) is 0 Å². The summed E-state index contributed by atoms with van der Waals surface area (Å²) in [5, 5.41) is 2.46. The summed E-state index contributed by atoms with van der Waals surface area (Å²) < 4.78 is 13.1. The summed E-state index contributed by atoms with van der Waals surface area (Å²) in [6.07, 6.45) is 0. The van der Waals surface area contributed by atoms with Crippen LogP contribution in [0.15, 0.2) is 54.6 Å². The van der Waals surface area contributed by atoms with E-state index in [0.717, 1.165) is 0 Å². The van der Waals surface area contributed by atoms with E-state index in [1.807, 2.05) is 0 Å². The first kappa shape index (κ1) is 18.0. The fourth-order valence-electron chi connectivity index (χ4n) is 4.76. The molecule has 2 nitrogen and oxygen atoms in total. The molecule has 3 aromatic carbocycles. The summed E-state index contributed by atoms with van der Waals surface area (Å²) >= 11 is 0. The van der Waals surface area contributed by atoms with Gasteiger partial charge in [-0.3, -0.25) is 0 Å². The topological polar surface area (TPSA) is 18.5 Å². The van der Waals surface area contributed by atoms with Crippen LogP contribution < -0.4 is 5.46 Å². The number of fused-ring (bicyclic) bond motifs is 4. The predicted molar refractivity (Wildman–Crippen MR) is 117 cm³/mol. The molecule has 0 spiro atoms. The Balaban J connectivity index is 1.87. The molecule has 2 aliphatic rings. The van der Waals surface area contributed by atoms with Crippen molar-refractivity contribution in [2.24, 2.45) is 0 Å². The molecule has 1 aliphatic heterocycles. The van der Waals surface area contributed by atoms with E-state index >= 15 is 0 Å². The molecule has 28 heavy (non-hydrogen) atoms. The molecular weight excluding hydrogens is 343 g/mol. The van der Waals surface area contributed by atoms with Gasteiger partial charge in [0.1, 0.15) is 0 Å². The lowest BCUT2D eigenvalue weighted by Gasteiger charge is -2.32. The van der Waals surface area contributed by atoms with Crippen LogP contribution in [0.2, 0.25) is 0 Å². The minimum atomic E-state index is -0.383. The Kier molecular flexibility index (Phi) is 3.52. The Labute approximate surface area is 168 Å². The second-order valence-corrected chi connectivity index (χ2v) is 9.69. The fraction of sp³-hybridized carbons (Fsp3) is 0.360. The van der Waals surface area contributed by atoms with Crippen LogP contribution >= 0.6 is 0 Å². The number of hydrogen-bond donors (Lipinski definition) is 0. The van der Waals surface area contributed by atoms with Gasteiger partial charge in [-0.25, -0.2) is 0 Å². The van der Waals surface area contributed by atoms with E-state index in [-0.39, 0.29) is 23.7 Å². The summed E-state index contributed by atoms with van der Waals surface area (Å²) in [6.45, 7) is 13.1. The molecule has 0 radical (unpaired) electrons. The van der Waals surface area contributed by atoms with Crippen LogP contribution in [0.5, 0.6) is 0 Å². The second kappa shape index (κ2) is 5.49. The minimum Gasteiger partial charge on any atom is -0.399 e. The molecule has 142 valence electrons. The lowest BCUT2D eigenvalue weighted by Crippen LogP contribution is -2.41. The van der Waals surface area contributed by atoms with Crippen molar-refractivity contribution in [3.8, 4) is 11.1 Å². The van der Waals surface area contributed by atoms with Crippen LogP contribution in [0.1, 0.15) is 52.7 Å². The molecule has 1 aliphatic carbocycles. The van der Waals surface area contributed by atoms with E-state index in [4.69, 9.17) is 9.31 Å². The quantitative estimate of drug-likeness (QED) is 0.531. The van der Waals surface area contributed by atoms with Gasteiger partial charge in [0, 0.05) is 5.41 Å². The maximum absolute atomic E-state index is 6.54. The van der Waals surface area contributed by atoms with Crippen molar-refractivity contribution in [2.75, 3.05) is 0 Å². The third kappa shape index (κ3) is 2.24. The van der Waals surface area contributed by atoms with E-state index in [1.54, 1.807) is 0 Å². The van der Waals surface area contributed by atoms with Gasteiger partial charge in [-0.15, -0.1) is 0 Å². The van der Waals surface area contributed by atoms with Crippen molar-refractivity contribution in [1.29, 1.82) is 0 Å². The average Bonchev–Trinajstić information content (AvgIpc) is 3.00. The SMILES string of the molecule is CC1(C)c2ccccc2-c2c1cc1ccccc1c2B1OC(C)(C)C(C)(C)O1. The van der Waals surface area contributed by atoms with Gasteiger partial charge in [0.2, 0.25) is 0 Å². The molecule has 0 unspecified atom stereocenters. The van der Waals surface area contributed by atoms with Gasteiger partial charge < -0.3 is 9.31 Å². The van der Waals surface area contributed by atoms with Crippen molar-refractivity contribution >= 4 is 23.4 Å². The number of benzene rings is 3. The van der Waals surface area contributed by atoms with Gasteiger partial charge in [-0.1, -0.05) is 62.4 Å². The van der Waals surface area contributed by atoms with Crippen LogP contribution in [0, 0.1) is 0 Å². The van der Waals surface area contributed by atoms with Crippen LogP contribution in [-0.4, -0.2) is 18.3 Å². The van der Waals surface area contributed by atoms with Crippen LogP contribution in [-0.2, 0) is 14.7 Å². The van der Waals surface area contributed by atoms with E-state index in [9.17, 15) is 0 Å². The van der Waals surface area contributed by atoms with E-state index in [2.05, 4.69) is 96.1 Å². The minimum absolute atomic E-state index is 0.0473. The maximum atomic E-state index is 6.54. The zero-order chi connectivity index (χ0) is 19.9. The summed E-state index contributed by atoms with van der Waals surface area (Å²) in [5.74, 6) is 0. The molecule has 5 rings (SSSR count). The smallest absolute Gasteiger partial charge is 0.399 e. The summed E-state index contributed by atoms with van der Waals surface area (Å²) in [7, 11) is -0.383. The molecule has 0 bridgehead atoms. The summed E-state index contributed by atoms with van der Waals surface area (Å²) in [5.41, 5.74) is 5.72. The number of rotatable bonds is 1. The average molecular weight is 370 g/mol. The molecule has 1 fully saturated rings. The van der Waals surface area contributed by atoms with Crippen molar-refractivity contribution in [3.05, 3.63) is 65.7 Å². The first-order valence-electron chi connectivity index (χ1n) is 10.2. The first-order chi connectivity index (χ1) is 13.1. The van der Waals surface area contributed by atoms with Gasteiger partial charge in [0.25, 0.3) is 0 Å². The highest BCUT2D eigenvalue weighted by molar-refractivity contribution is 6.67. The van der Waals surface area contributed by atoms with Crippen LogP contribution in [0.25, 0.3) is 21.9 Å². The van der Waals surface area contributed by atoms with Gasteiger partial charge in [0.05, 0.1) is 11.2 Å². The van der Waals surface area contributed by atoms with E-state index in [1.165, 1.54) is 38.5 Å². The van der Waals surface area contributed by atoms with Gasteiger partial charge in [-0.2, -0.15) is 0 Å². The van der Waals surface area contributed by atoms with Gasteiger partial charge >= 0.3 is 7.12 Å². The van der Waals surface area contributed by atoms with Gasteiger partial charge in [0.15, 0.2) is 0 Å². The Morgan fingerprint density at radius 1 is 0.714 bits per heavy atom.